The summed E-state index contributed by atoms with van der Waals surface area (Å²) in [6.07, 6.45) is 1.96. The minimum atomic E-state index is -3.93. The molecule has 0 radical (unpaired) electrons. The number of hydrazone groups is 1. The van der Waals surface area contributed by atoms with Crippen LogP contribution >= 0.6 is 11.3 Å². The van der Waals surface area contributed by atoms with Gasteiger partial charge in [-0.25, -0.2) is 17.8 Å². The Bertz CT molecular complexity index is 1470. The molecule has 5 rings (SSSR count). The van der Waals surface area contributed by atoms with E-state index in [0.717, 1.165) is 10.4 Å². The number of aromatic nitrogens is 1. The Labute approximate surface area is 194 Å². The second-order valence-electron chi connectivity index (χ2n) is 7.91. The van der Waals surface area contributed by atoms with E-state index in [-0.39, 0.29) is 10.7 Å². The van der Waals surface area contributed by atoms with Crippen molar-refractivity contribution >= 4 is 43.7 Å². The Morgan fingerprint density at radius 3 is 2.61 bits per heavy atom. The number of rotatable bonds is 5. The van der Waals surface area contributed by atoms with Gasteiger partial charge in [-0.05, 0) is 35.2 Å². The van der Waals surface area contributed by atoms with Gasteiger partial charge in [-0.15, -0.1) is 11.3 Å². The van der Waals surface area contributed by atoms with E-state index in [1.807, 2.05) is 29.6 Å². The maximum absolute atomic E-state index is 13.5. The molecular weight excluding hydrogens is 461 g/mol. The number of benzene rings is 2. The third-order valence-electron chi connectivity index (χ3n) is 5.74. The Balaban J connectivity index is 1.49. The predicted octanol–water partition coefficient (Wildman–Crippen LogP) is 4.53. The van der Waals surface area contributed by atoms with Crippen LogP contribution in [0.15, 0.2) is 82.2 Å². The highest BCUT2D eigenvalue weighted by Crippen LogP contribution is 2.35. The molecule has 2 aromatic carbocycles. The molecule has 0 bridgehead atoms. The van der Waals surface area contributed by atoms with Crippen molar-refractivity contribution in [3.05, 3.63) is 88.5 Å². The summed E-state index contributed by atoms with van der Waals surface area (Å²) in [5.74, 6) is -1.71. The van der Waals surface area contributed by atoms with Gasteiger partial charge in [0.15, 0.2) is 9.84 Å². The van der Waals surface area contributed by atoms with Crippen LogP contribution in [0.25, 0.3) is 10.9 Å². The fourth-order valence-electron chi connectivity index (χ4n) is 4.14. The van der Waals surface area contributed by atoms with Crippen LogP contribution in [0.1, 0.15) is 22.9 Å². The minimum absolute atomic E-state index is 0.119. The number of hydrogen-bond acceptors (Lipinski definition) is 5. The molecule has 1 atom stereocenters. The summed E-state index contributed by atoms with van der Waals surface area (Å²) in [5.41, 5.74) is 2.17. The van der Waals surface area contributed by atoms with Crippen LogP contribution in [-0.4, -0.2) is 35.4 Å². The van der Waals surface area contributed by atoms with Gasteiger partial charge in [-0.1, -0.05) is 36.4 Å². The normalized spacial score (nSPS) is 16.4. The summed E-state index contributed by atoms with van der Waals surface area (Å²) >= 11 is 1.50. The van der Waals surface area contributed by atoms with E-state index in [0.29, 0.717) is 23.1 Å². The number of aryl methyl sites for hydroxylation is 1. The number of fused-ring (bicyclic) bond motifs is 1. The Kier molecular flexibility index (Phi) is 5.38. The lowest BCUT2D eigenvalue weighted by Gasteiger charge is -2.22. The van der Waals surface area contributed by atoms with Crippen molar-refractivity contribution in [3.8, 4) is 0 Å². The molecule has 0 N–H and O–H groups in total. The molecule has 2 aromatic heterocycles. The van der Waals surface area contributed by atoms with Gasteiger partial charge in [0.05, 0.1) is 21.5 Å². The molecule has 168 valence electrons. The summed E-state index contributed by atoms with van der Waals surface area (Å²) in [6.45, 7) is 0. The van der Waals surface area contributed by atoms with Crippen LogP contribution in [0.2, 0.25) is 0 Å². The molecule has 0 saturated carbocycles. The monoisotopic (exact) mass is 481 g/mol. The van der Waals surface area contributed by atoms with Crippen molar-refractivity contribution in [2.45, 2.75) is 17.4 Å². The first-order chi connectivity index (χ1) is 15.8. The van der Waals surface area contributed by atoms with Crippen molar-refractivity contribution < 1.29 is 17.6 Å². The third kappa shape index (κ3) is 3.98. The second kappa shape index (κ2) is 8.24. The topological polar surface area (TPSA) is 71.7 Å². The number of carbonyl (C=O) groups excluding carboxylic acids is 1. The van der Waals surface area contributed by atoms with Crippen LogP contribution < -0.4 is 0 Å². The number of hydrogen-bond donors (Lipinski definition) is 0. The van der Waals surface area contributed by atoms with Gasteiger partial charge < -0.3 is 4.57 Å². The van der Waals surface area contributed by atoms with Gasteiger partial charge in [0, 0.05) is 30.6 Å². The zero-order valence-corrected chi connectivity index (χ0v) is 19.3. The molecule has 0 unspecified atom stereocenters. The summed E-state index contributed by atoms with van der Waals surface area (Å²) in [5, 5.41) is 8.24. The van der Waals surface area contributed by atoms with Crippen molar-refractivity contribution in [1.29, 1.82) is 0 Å². The maximum Gasteiger partial charge on any atom is 0.258 e. The van der Waals surface area contributed by atoms with Crippen molar-refractivity contribution in [2.24, 2.45) is 12.1 Å². The Hall–Kier alpha value is -3.30. The van der Waals surface area contributed by atoms with Crippen molar-refractivity contribution in [1.82, 2.24) is 9.58 Å². The summed E-state index contributed by atoms with van der Waals surface area (Å²) in [4.78, 5) is 14.3. The number of carbonyl (C=O) groups is 1. The smallest absolute Gasteiger partial charge is 0.258 e. The molecule has 4 aromatic rings. The summed E-state index contributed by atoms with van der Waals surface area (Å²) in [6, 6.07) is 16.3. The lowest BCUT2D eigenvalue weighted by Crippen LogP contribution is -2.32. The number of sulfone groups is 1. The second-order valence-corrected chi connectivity index (χ2v) is 10.8. The van der Waals surface area contributed by atoms with Crippen LogP contribution in [0, 0.1) is 5.82 Å². The van der Waals surface area contributed by atoms with E-state index < -0.39 is 27.5 Å². The molecule has 6 nitrogen and oxygen atoms in total. The van der Waals surface area contributed by atoms with E-state index in [1.54, 1.807) is 35.9 Å². The number of thiophene rings is 1. The molecule has 0 spiro atoms. The van der Waals surface area contributed by atoms with Gasteiger partial charge in [-0.2, -0.15) is 5.10 Å². The lowest BCUT2D eigenvalue weighted by molar-refractivity contribution is -0.130. The number of para-hydroxylation sites is 1. The third-order valence-corrected chi connectivity index (χ3v) is 8.28. The molecule has 0 saturated heterocycles. The molecule has 1 aliphatic rings. The first-order valence-electron chi connectivity index (χ1n) is 10.3. The van der Waals surface area contributed by atoms with E-state index in [9.17, 15) is 17.6 Å². The van der Waals surface area contributed by atoms with Gasteiger partial charge in [0.1, 0.15) is 11.6 Å². The van der Waals surface area contributed by atoms with Crippen LogP contribution in [0.3, 0.4) is 0 Å². The number of halogens is 1. The number of nitrogens with zero attached hydrogens (tertiary/aromatic N) is 3. The minimum Gasteiger partial charge on any atom is -0.349 e. The van der Waals surface area contributed by atoms with E-state index >= 15 is 0 Å². The van der Waals surface area contributed by atoms with Crippen LogP contribution in [-0.2, 0) is 21.7 Å². The van der Waals surface area contributed by atoms with Crippen molar-refractivity contribution in [3.63, 3.8) is 0 Å². The molecule has 1 amide bonds. The molecule has 1 aliphatic heterocycles. The summed E-state index contributed by atoms with van der Waals surface area (Å²) in [7, 11) is -2.16. The average Bonchev–Trinajstić information content (AvgIpc) is 3.53. The van der Waals surface area contributed by atoms with Crippen molar-refractivity contribution in [2.75, 3.05) is 5.75 Å². The van der Waals surface area contributed by atoms with E-state index in [2.05, 4.69) is 5.10 Å². The highest BCUT2D eigenvalue weighted by molar-refractivity contribution is 7.92. The van der Waals surface area contributed by atoms with Crippen LogP contribution in [0.4, 0.5) is 4.39 Å². The van der Waals surface area contributed by atoms with E-state index in [1.165, 1.54) is 34.7 Å². The quantitative estimate of drug-likeness (QED) is 0.420. The van der Waals surface area contributed by atoms with Gasteiger partial charge in [0.25, 0.3) is 5.91 Å². The maximum atomic E-state index is 13.5. The number of amides is 1. The summed E-state index contributed by atoms with van der Waals surface area (Å²) < 4.78 is 41.7. The largest absolute Gasteiger partial charge is 0.349 e. The Morgan fingerprint density at radius 2 is 1.88 bits per heavy atom. The highest BCUT2D eigenvalue weighted by Gasteiger charge is 2.36. The zero-order chi connectivity index (χ0) is 23.2. The molecular formula is C24H20FN3O3S2. The first kappa shape index (κ1) is 21.5. The van der Waals surface area contributed by atoms with Gasteiger partial charge >= 0.3 is 0 Å². The molecule has 0 aliphatic carbocycles. The first-order valence-corrected chi connectivity index (χ1v) is 12.8. The van der Waals surface area contributed by atoms with Gasteiger partial charge in [-0.3, -0.25) is 4.79 Å². The standard InChI is InChI=1S/C24H20FN3O3S2/c1-27-14-23(18-5-2-3-6-20(18)27)33(30,31)15-24(29)28-21(16-8-10-17(25)11-9-16)13-19(26-28)22-7-4-12-32-22/h2-12,14,21H,13,15H2,1H3/t21-/m1/s1. The lowest BCUT2D eigenvalue weighted by atomic mass is 10.0. The predicted molar refractivity (Wildman–Crippen MR) is 126 cm³/mol. The molecule has 33 heavy (non-hydrogen) atoms. The highest BCUT2D eigenvalue weighted by atomic mass is 32.2. The zero-order valence-electron chi connectivity index (χ0n) is 17.7. The van der Waals surface area contributed by atoms with Crippen LogP contribution in [0.5, 0.6) is 0 Å². The molecule has 3 heterocycles. The molecule has 0 fully saturated rings. The molecule has 9 heteroatoms. The fourth-order valence-corrected chi connectivity index (χ4v) is 6.30. The van der Waals surface area contributed by atoms with E-state index in [4.69, 9.17) is 0 Å². The van der Waals surface area contributed by atoms with Gasteiger partial charge in [0.2, 0.25) is 0 Å². The average molecular weight is 482 g/mol. The SMILES string of the molecule is Cn1cc(S(=O)(=O)CC(=O)N2N=C(c3cccs3)C[C@@H]2c2ccc(F)cc2)c2ccccc21. The Morgan fingerprint density at radius 1 is 1.12 bits per heavy atom. The fraction of sp³-hybridized carbons (Fsp3) is 0.167.